The van der Waals surface area contributed by atoms with Crippen molar-refractivity contribution in [2.45, 2.75) is 70.1 Å². The summed E-state index contributed by atoms with van der Waals surface area (Å²) >= 11 is 0. The number of carbonyl (C=O) groups is 1. The lowest BCUT2D eigenvalue weighted by Crippen LogP contribution is -2.23. The van der Waals surface area contributed by atoms with Crippen LogP contribution >= 0.6 is 0 Å². The fourth-order valence-electron chi connectivity index (χ4n) is 3.52. The largest absolute Gasteiger partial charge is 0.491 e. The summed E-state index contributed by atoms with van der Waals surface area (Å²) in [5.41, 5.74) is -0.823. The van der Waals surface area contributed by atoms with Crippen molar-refractivity contribution in [3.63, 3.8) is 0 Å². The third kappa shape index (κ3) is 9.87. The lowest BCUT2D eigenvalue weighted by Gasteiger charge is -2.17. The van der Waals surface area contributed by atoms with Crippen LogP contribution in [-0.2, 0) is 20.4 Å². The molecule has 1 fully saturated rings. The highest BCUT2D eigenvalue weighted by molar-refractivity contribution is 5.69. The van der Waals surface area contributed by atoms with E-state index in [0.717, 1.165) is 12.1 Å². The molecule has 0 radical (unpaired) electrons. The van der Waals surface area contributed by atoms with Gasteiger partial charge in [0.15, 0.2) is 0 Å². The van der Waals surface area contributed by atoms with Crippen molar-refractivity contribution in [1.29, 1.82) is 0 Å². The number of allylic oxidation sites excluding steroid dienone is 2. The number of rotatable bonds is 12. The average Bonchev–Trinajstić information content (AvgIpc) is 3.11. The Bertz CT molecular complexity index is 821. The second-order valence-electron chi connectivity index (χ2n) is 8.44. The van der Waals surface area contributed by atoms with Crippen LogP contribution in [0.15, 0.2) is 48.6 Å². The smallest absolute Gasteiger partial charge is 0.416 e. The predicted octanol–water partition coefficient (Wildman–Crippen LogP) is 4.45. The molecular formula is C25H33F3O6. The number of esters is 1. The maximum absolute atomic E-state index is 12.8. The molecule has 0 bridgehead atoms. The molecule has 190 valence electrons. The molecule has 2 N–H and O–H groups in total. The quantitative estimate of drug-likeness (QED) is 0.336. The minimum atomic E-state index is -4.47. The van der Waals surface area contributed by atoms with Gasteiger partial charge in [-0.1, -0.05) is 30.4 Å². The zero-order valence-electron chi connectivity index (χ0n) is 19.4. The topological polar surface area (TPSA) is 85.2 Å². The second-order valence-corrected chi connectivity index (χ2v) is 8.44. The summed E-state index contributed by atoms with van der Waals surface area (Å²) in [6.45, 7) is 3.56. The molecule has 9 heteroatoms. The monoisotopic (exact) mass is 486 g/mol. The third-order valence-corrected chi connectivity index (χ3v) is 5.20. The van der Waals surface area contributed by atoms with Gasteiger partial charge in [0, 0.05) is 12.3 Å². The molecule has 1 heterocycles. The van der Waals surface area contributed by atoms with Crippen molar-refractivity contribution >= 4 is 5.97 Å². The lowest BCUT2D eigenvalue weighted by molar-refractivity contribution is -0.147. The molecule has 1 aliphatic rings. The molecule has 4 atom stereocenters. The Kier molecular flexibility index (Phi) is 11.1. The fraction of sp³-hybridized carbons (Fsp3) is 0.560. The van der Waals surface area contributed by atoms with E-state index < -0.39 is 30.1 Å². The van der Waals surface area contributed by atoms with Crippen LogP contribution in [0.5, 0.6) is 5.75 Å². The number of halogens is 3. The molecule has 0 aromatic heterocycles. The normalized spacial score (nSPS) is 22.1. The first kappa shape index (κ1) is 27.9. The van der Waals surface area contributed by atoms with Crippen LogP contribution in [0.1, 0.15) is 45.1 Å². The van der Waals surface area contributed by atoms with E-state index in [1.54, 1.807) is 19.9 Å². The van der Waals surface area contributed by atoms with Gasteiger partial charge >= 0.3 is 12.1 Å². The zero-order valence-corrected chi connectivity index (χ0v) is 19.4. The highest BCUT2D eigenvalue weighted by Gasteiger charge is 2.34. The maximum Gasteiger partial charge on any atom is 0.416 e. The van der Waals surface area contributed by atoms with Gasteiger partial charge in [-0.2, -0.15) is 13.2 Å². The van der Waals surface area contributed by atoms with Crippen LogP contribution in [0.25, 0.3) is 0 Å². The maximum atomic E-state index is 12.8. The van der Waals surface area contributed by atoms with Crippen molar-refractivity contribution in [2.24, 2.45) is 5.92 Å². The minimum Gasteiger partial charge on any atom is -0.491 e. The van der Waals surface area contributed by atoms with E-state index in [1.807, 2.05) is 12.2 Å². The van der Waals surface area contributed by atoms with Crippen LogP contribution < -0.4 is 4.74 Å². The van der Waals surface area contributed by atoms with Gasteiger partial charge in [0.05, 0.1) is 30.5 Å². The van der Waals surface area contributed by atoms with E-state index in [2.05, 4.69) is 0 Å². The van der Waals surface area contributed by atoms with Crippen molar-refractivity contribution in [3.8, 4) is 5.75 Å². The second kappa shape index (κ2) is 13.5. The highest BCUT2D eigenvalue weighted by Crippen LogP contribution is 2.31. The number of benzene rings is 1. The highest BCUT2D eigenvalue weighted by atomic mass is 19.4. The van der Waals surface area contributed by atoms with Gasteiger partial charge in [-0.3, -0.25) is 4.79 Å². The Balaban J connectivity index is 1.76. The molecule has 2 rings (SSSR count). The summed E-state index contributed by atoms with van der Waals surface area (Å²) in [6, 6.07) is 4.45. The molecule has 0 saturated carbocycles. The molecule has 0 amide bonds. The number of alkyl halides is 3. The molecule has 0 unspecified atom stereocenters. The van der Waals surface area contributed by atoms with Gasteiger partial charge in [0.1, 0.15) is 18.5 Å². The number of carbonyl (C=O) groups excluding carboxylic acids is 1. The summed E-state index contributed by atoms with van der Waals surface area (Å²) in [5, 5.41) is 20.3. The van der Waals surface area contributed by atoms with E-state index in [1.165, 1.54) is 18.2 Å². The number of hydrogen-bond acceptors (Lipinski definition) is 6. The van der Waals surface area contributed by atoms with Gasteiger partial charge in [0.2, 0.25) is 0 Å². The van der Waals surface area contributed by atoms with Crippen LogP contribution in [0.3, 0.4) is 0 Å². The van der Waals surface area contributed by atoms with Crippen molar-refractivity contribution in [2.75, 3.05) is 13.2 Å². The Morgan fingerprint density at radius 3 is 2.71 bits per heavy atom. The first-order chi connectivity index (χ1) is 16.1. The van der Waals surface area contributed by atoms with Gasteiger partial charge in [-0.05, 0) is 51.3 Å². The van der Waals surface area contributed by atoms with Gasteiger partial charge in [-0.25, -0.2) is 0 Å². The Labute approximate surface area is 198 Å². The zero-order chi connectivity index (χ0) is 25.1. The first-order valence-electron chi connectivity index (χ1n) is 11.4. The number of ether oxygens (including phenoxy) is 3. The van der Waals surface area contributed by atoms with Gasteiger partial charge in [-0.15, -0.1) is 0 Å². The predicted molar refractivity (Wildman–Crippen MR) is 120 cm³/mol. The van der Waals surface area contributed by atoms with Crippen molar-refractivity contribution in [3.05, 3.63) is 54.1 Å². The van der Waals surface area contributed by atoms with E-state index in [0.29, 0.717) is 25.7 Å². The molecule has 34 heavy (non-hydrogen) atoms. The Hall–Kier alpha value is -2.36. The Morgan fingerprint density at radius 1 is 1.26 bits per heavy atom. The molecule has 1 aromatic rings. The van der Waals surface area contributed by atoms with Gasteiger partial charge < -0.3 is 24.4 Å². The lowest BCUT2D eigenvalue weighted by atomic mass is 9.93. The van der Waals surface area contributed by atoms with Gasteiger partial charge in [0.25, 0.3) is 0 Å². The third-order valence-electron chi connectivity index (χ3n) is 5.20. The Morgan fingerprint density at radius 2 is 2.00 bits per heavy atom. The molecular weight excluding hydrogens is 453 g/mol. The fourth-order valence-corrected chi connectivity index (χ4v) is 3.52. The van der Waals surface area contributed by atoms with E-state index in [4.69, 9.17) is 14.2 Å². The molecule has 1 aromatic carbocycles. The summed E-state index contributed by atoms with van der Waals surface area (Å²) in [5.74, 6) is -0.389. The van der Waals surface area contributed by atoms with Crippen LogP contribution in [0.4, 0.5) is 13.2 Å². The van der Waals surface area contributed by atoms with Crippen molar-refractivity contribution in [1.82, 2.24) is 0 Å². The molecule has 6 nitrogen and oxygen atoms in total. The number of hydrogen-bond donors (Lipinski definition) is 2. The standard InChI is InChI=1S/C25H33F3O6/c1-17(2)34-24(31)11-6-4-3-5-10-21-22(30)16-33-23(21)13-12-19(29)15-32-20-9-7-8-18(14-20)25(26,27)28/h3-4,7-9,12-14,17,19,21-23,29-30H,5-6,10-11,15-16H2,1-2H3/t19-,21+,22+,23-/m1/s1. The molecule has 0 aliphatic carbocycles. The summed E-state index contributed by atoms with van der Waals surface area (Å²) in [7, 11) is 0. The van der Waals surface area contributed by atoms with Crippen LogP contribution in [0.2, 0.25) is 0 Å². The number of aliphatic hydroxyl groups is 2. The van der Waals surface area contributed by atoms with E-state index in [9.17, 15) is 28.2 Å². The summed E-state index contributed by atoms with van der Waals surface area (Å²) in [4.78, 5) is 11.5. The number of aliphatic hydroxyl groups excluding tert-OH is 2. The van der Waals surface area contributed by atoms with E-state index in [-0.39, 0.29) is 37.0 Å². The van der Waals surface area contributed by atoms with Crippen LogP contribution in [-0.4, -0.2) is 53.8 Å². The minimum absolute atomic E-state index is 0.0111. The first-order valence-corrected chi connectivity index (χ1v) is 11.4. The van der Waals surface area contributed by atoms with Crippen molar-refractivity contribution < 1.29 is 42.4 Å². The summed E-state index contributed by atoms with van der Waals surface area (Å²) in [6.07, 6.45) is 2.51. The van der Waals surface area contributed by atoms with E-state index >= 15 is 0 Å². The average molecular weight is 487 g/mol. The SMILES string of the molecule is CC(C)OC(=O)CCC=CCC[C@H]1[C@@H](O)CO[C@@H]1C=C[C@@H](O)COc1cccc(C(F)(F)F)c1. The molecule has 1 aliphatic heterocycles. The molecule has 0 spiro atoms. The van der Waals surface area contributed by atoms with Crippen LogP contribution in [0, 0.1) is 5.92 Å². The summed E-state index contributed by atoms with van der Waals surface area (Å²) < 4.78 is 54.3. The molecule has 1 saturated heterocycles.